The van der Waals surface area contributed by atoms with E-state index in [-0.39, 0.29) is 11.9 Å². The van der Waals surface area contributed by atoms with Crippen molar-refractivity contribution >= 4 is 5.84 Å². The van der Waals surface area contributed by atoms with E-state index in [4.69, 9.17) is 5.73 Å². The molecule has 1 unspecified atom stereocenters. The van der Waals surface area contributed by atoms with Gasteiger partial charge in [-0.05, 0) is 31.0 Å². The lowest BCUT2D eigenvalue weighted by Crippen LogP contribution is -2.15. The molecule has 1 rings (SSSR count). The van der Waals surface area contributed by atoms with Gasteiger partial charge >= 0.3 is 0 Å². The molecule has 0 aliphatic heterocycles. The molecule has 0 aliphatic carbocycles. The maximum absolute atomic E-state index is 12.6. The Balaban J connectivity index is 2.58. The summed E-state index contributed by atoms with van der Waals surface area (Å²) < 4.78 is 12.6. The van der Waals surface area contributed by atoms with Gasteiger partial charge in [-0.15, -0.1) is 0 Å². The Morgan fingerprint density at radius 2 is 2.00 bits per heavy atom. The summed E-state index contributed by atoms with van der Waals surface area (Å²) >= 11 is 0. The number of rotatable bonds is 4. The lowest BCUT2D eigenvalue weighted by atomic mass is 10.1. The average Bonchev–Trinajstić information content (AvgIpc) is 2.21. The van der Waals surface area contributed by atoms with Gasteiger partial charge in [0, 0.05) is 6.42 Å². The van der Waals surface area contributed by atoms with Gasteiger partial charge in [-0.25, -0.2) is 4.39 Å². The maximum Gasteiger partial charge on any atom is 0.123 e. The second-order valence-corrected chi connectivity index (χ2v) is 3.65. The maximum atomic E-state index is 12.6. The number of aliphatic imine (C=N–C) groups is 1. The van der Waals surface area contributed by atoms with Crippen LogP contribution in [0.25, 0.3) is 0 Å². The van der Waals surface area contributed by atoms with E-state index >= 15 is 0 Å². The van der Waals surface area contributed by atoms with Crippen molar-refractivity contribution in [2.24, 2.45) is 10.7 Å². The van der Waals surface area contributed by atoms with Crippen molar-refractivity contribution in [1.82, 2.24) is 0 Å². The molecule has 2 N–H and O–H groups in total. The number of benzene rings is 1. The Labute approximate surface area is 90.0 Å². The highest BCUT2D eigenvalue weighted by molar-refractivity contribution is 5.80. The summed E-state index contributed by atoms with van der Waals surface area (Å²) in [6.45, 7) is 3.98. The fourth-order valence-electron chi connectivity index (χ4n) is 1.38. The van der Waals surface area contributed by atoms with Crippen molar-refractivity contribution in [2.75, 3.05) is 0 Å². The SMILES string of the molecule is CCC(N)=NC(C)Cc1ccc(F)cc1. The van der Waals surface area contributed by atoms with Gasteiger partial charge in [0.2, 0.25) is 0 Å². The van der Waals surface area contributed by atoms with E-state index in [9.17, 15) is 4.39 Å². The number of nitrogens with zero attached hydrogens (tertiary/aromatic N) is 1. The summed E-state index contributed by atoms with van der Waals surface area (Å²) in [6.07, 6.45) is 1.56. The molecule has 1 atom stereocenters. The normalized spacial score (nSPS) is 13.9. The van der Waals surface area contributed by atoms with Gasteiger partial charge < -0.3 is 5.73 Å². The van der Waals surface area contributed by atoms with Gasteiger partial charge in [0.15, 0.2) is 0 Å². The highest BCUT2D eigenvalue weighted by atomic mass is 19.1. The van der Waals surface area contributed by atoms with Crippen LogP contribution < -0.4 is 5.73 Å². The monoisotopic (exact) mass is 208 g/mol. The minimum absolute atomic E-state index is 0.149. The lowest BCUT2D eigenvalue weighted by molar-refractivity contribution is 0.626. The minimum atomic E-state index is -0.206. The first-order valence-corrected chi connectivity index (χ1v) is 5.18. The van der Waals surface area contributed by atoms with E-state index in [0.717, 1.165) is 18.4 Å². The molecule has 0 radical (unpaired) electrons. The summed E-state index contributed by atoms with van der Waals surface area (Å²) in [4.78, 5) is 4.31. The van der Waals surface area contributed by atoms with Crippen LogP contribution in [0.4, 0.5) is 4.39 Å². The molecular weight excluding hydrogens is 191 g/mol. The Kier molecular flexibility index (Phi) is 4.28. The Morgan fingerprint density at radius 3 is 2.53 bits per heavy atom. The fourth-order valence-corrected chi connectivity index (χ4v) is 1.38. The third kappa shape index (κ3) is 4.11. The van der Waals surface area contributed by atoms with Crippen molar-refractivity contribution in [2.45, 2.75) is 32.7 Å². The first kappa shape index (κ1) is 11.7. The zero-order valence-corrected chi connectivity index (χ0v) is 9.20. The molecule has 0 aromatic heterocycles. The molecule has 0 bridgehead atoms. The van der Waals surface area contributed by atoms with Crippen LogP contribution >= 0.6 is 0 Å². The molecule has 0 aliphatic rings. The summed E-state index contributed by atoms with van der Waals surface area (Å²) in [5.74, 6) is 0.465. The highest BCUT2D eigenvalue weighted by Crippen LogP contribution is 2.07. The van der Waals surface area contributed by atoms with Crippen molar-refractivity contribution in [3.05, 3.63) is 35.6 Å². The molecule has 0 saturated carbocycles. The molecule has 1 aromatic carbocycles. The Hall–Kier alpha value is -1.38. The van der Waals surface area contributed by atoms with Crippen LogP contribution in [0.2, 0.25) is 0 Å². The number of amidine groups is 1. The Morgan fingerprint density at radius 1 is 1.40 bits per heavy atom. The van der Waals surface area contributed by atoms with Gasteiger partial charge in [-0.2, -0.15) is 0 Å². The minimum Gasteiger partial charge on any atom is -0.387 e. The largest absolute Gasteiger partial charge is 0.387 e. The van der Waals surface area contributed by atoms with Crippen molar-refractivity contribution in [3.8, 4) is 0 Å². The van der Waals surface area contributed by atoms with Gasteiger partial charge in [0.05, 0.1) is 11.9 Å². The second kappa shape index (κ2) is 5.49. The van der Waals surface area contributed by atoms with Crippen LogP contribution in [0, 0.1) is 5.82 Å². The molecule has 15 heavy (non-hydrogen) atoms. The van der Waals surface area contributed by atoms with E-state index in [1.165, 1.54) is 12.1 Å². The van der Waals surface area contributed by atoms with Gasteiger partial charge in [-0.1, -0.05) is 19.1 Å². The molecular formula is C12H17FN2. The number of nitrogens with two attached hydrogens (primary N) is 1. The molecule has 0 heterocycles. The van der Waals surface area contributed by atoms with Crippen molar-refractivity contribution < 1.29 is 4.39 Å². The first-order valence-electron chi connectivity index (χ1n) is 5.18. The van der Waals surface area contributed by atoms with Crippen molar-refractivity contribution in [1.29, 1.82) is 0 Å². The zero-order valence-electron chi connectivity index (χ0n) is 9.20. The molecule has 1 aromatic rings. The van der Waals surface area contributed by atoms with Gasteiger partial charge in [0.25, 0.3) is 0 Å². The molecule has 0 saturated heterocycles. The third-order valence-electron chi connectivity index (χ3n) is 2.19. The zero-order chi connectivity index (χ0) is 11.3. The molecule has 0 fully saturated rings. The molecule has 82 valence electrons. The number of hydrogen-bond acceptors (Lipinski definition) is 1. The number of halogens is 1. The standard InChI is InChI=1S/C12H17FN2/c1-3-12(14)15-9(2)8-10-4-6-11(13)7-5-10/h4-7,9H,3,8H2,1-2H3,(H2,14,15). The molecule has 0 amide bonds. The second-order valence-electron chi connectivity index (χ2n) is 3.65. The lowest BCUT2D eigenvalue weighted by Gasteiger charge is -2.07. The van der Waals surface area contributed by atoms with E-state index in [2.05, 4.69) is 4.99 Å². The van der Waals surface area contributed by atoms with Crippen LogP contribution in [0.3, 0.4) is 0 Å². The molecule has 0 spiro atoms. The predicted molar refractivity (Wildman–Crippen MR) is 61.5 cm³/mol. The molecule has 3 heteroatoms. The predicted octanol–water partition coefficient (Wildman–Crippen LogP) is 2.52. The Bertz CT molecular complexity index is 330. The van der Waals surface area contributed by atoms with Crippen LogP contribution in [0.5, 0.6) is 0 Å². The summed E-state index contributed by atoms with van der Waals surface area (Å²) in [5.41, 5.74) is 6.72. The van der Waals surface area contributed by atoms with Crippen LogP contribution in [-0.4, -0.2) is 11.9 Å². The summed E-state index contributed by atoms with van der Waals surface area (Å²) in [7, 11) is 0. The van der Waals surface area contributed by atoms with Crippen LogP contribution in [0.15, 0.2) is 29.3 Å². The van der Waals surface area contributed by atoms with Gasteiger partial charge in [0.1, 0.15) is 5.82 Å². The quantitative estimate of drug-likeness (QED) is 0.599. The van der Waals surface area contributed by atoms with Crippen LogP contribution in [-0.2, 0) is 6.42 Å². The molecule has 2 nitrogen and oxygen atoms in total. The van der Waals surface area contributed by atoms with Gasteiger partial charge in [-0.3, -0.25) is 4.99 Å². The van der Waals surface area contributed by atoms with Crippen molar-refractivity contribution in [3.63, 3.8) is 0 Å². The third-order valence-corrected chi connectivity index (χ3v) is 2.19. The van der Waals surface area contributed by atoms with E-state index in [1.54, 1.807) is 12.1 Å². The topological polar surface area (TPSA) is 38.4 Å². The first-order chi connectivity index (χ1) is 7.11. The fraction of sp³-hybridized carbons (Fsp3) is 0.417. The smallest absolute Gasteiger partial charge is 0.123 e. The summed E-state index contributed by atoms with van der Waals surface area (Å²) in [6, 6.07) is 6.65. The average molecular weight is 208 g/mol. The van der Waals surface area contributed by atoms with E-state index in [0.29, 0.717) is 5.84 Å². The number of hydrogen-bond donors (Lipinski definition) is 1. The summed E-state index contributed by atoms with van der Waals surface area (Å²) in [5, 5.41) is 0. The van der Waals surface area contributed by atoms with E-state index < -0.39 is 0 Å². The van der Waals surface area contributed by atoms with Crippen LogP contribution in [0.1, 0.15) is 25.8 Å². The highest BCUT2D eigenvalue weighted by Gasteiger charge is 2.02. The van der Waals surface area contributed by atoms with E-state index in [1.807, 2.05) is 13.8 Å².